The topological polar surface area (TPSA) is 72.0 Å². The van der Waals surface area contributed by atoms with E-state index in [1.165, 1.54) is 12.3 Å². The Morgan fingerprint density at radius 1 is 1.00 bits per heavy atom. The lowest BCUT2D eigenvalue weighted by Crippen LogP contribution is -2.04. The molecule has 0 bridgehead atoms. The van der Waals surface area contributed by atoms with Crippen LogP contribution in [-0.4, -0.2) is 22.3 Å². The molecule has 0 saturated heterocycles. The van der Waals surface area contributed by atoms with Crippen LogP contribution >= 0.6 is 0 Å². The molecule has 0 aliphatic heterocycles. The zero-order valence-corrected chi connectivity index (χ0v) is 12.6. The lowest BCUT2D eigenvalue weighted by molar-refractivity contribution is 0.417. The van der Waals surface area contributed by atoms with Gasteiger partial charge < -0.3 is 15.4 Å². The highest BCUT2D eigenvalue weighted by Crippen LogP contribution is 2.26. The van der Waals surface area contributed by atoms with Crippen LogP contribution in [0.25, 0.3) is 0 Å². The van der Waals surface area contributed by atoms with Crippen molar-refractivity contribution in [1.82, 2.24) is 15.2 Å². The van der Waals surface area contributed by atoms with Crippen LogP contribution in [0.1, 0.15) is 0 Å². The van der Waals surface area contributed by atoms with Crippen LogP contribution in [-0.2, 0) is 0 Å². The van der Waals surface area contributed by atoms with E-state index in [2.05, 4.69) is 25.8 Å². The van der Waals surface area contributed by atoms with Gasteiger partial charge >= 0.3 is 0 Å². The zero-order chi connectivity index (χ0) is 16.9. The van der Waals surface area contributed by atoms with Crippen molar-refractivity contribution in [1.29, 1.82) is 0 Å². The summed E-state index contributed by atoms with van der Waals surface area (Å²) in [6, 6.07) is 10.5. The van der Waals surface area contributed by atoms with Gasteiger partial charge in [-0.15, -0.1) is 5.10 Å². The summed E-state index contributed by atoms with van der Waals surface area (Å²) in [6.45, 7) is 0. The number of anilines is 4. The maximum absolute atomic E-state index is 13.7. The van der Waals surface area contributed by atoms with Crippen LogP contribution in [0, 0.1) is 11.6 Å². The van der Waals surface area contributed by atoms with Crippen molar-refractivity contribution in [2.45, 2.75) is 0 Å². The van der Waals surface area contributed by atoms with Gasteiger partial charge in [0, 0.05) is 6.07 Å². The van der Waals surface area contributed by atoms with Crippen LogP contribution < -0.4 is 15.4 Å². The number of hydrogen-bond acceptors (Lipinski definition) is 6. The molecular weight excluding hydrogens is 316 g/mol. The molecule has 0 radical (unpaired) electrons. The van der Waals surface area contributed by atoms with Gasteiger partial charge in [0.2, 0.25) is 5.95 Å². The van der Waals surface area contributed by atoms with Crippen molar-refractivity contribution >= 4 is 23.1 Å². The number of nitrogens with one attached hydrogen (secondary N) is 2. The number of rotatable bonds is 5. The van der Waals surface area contributed by atoms with Crippen molar-refractivity contribution < 1.29 is 13.5 Å². The lowest BCUT2D eigenvalue weighted by Gasteiger charge is -2.11. The minimum absolute atomic E-state index is 0.0487. The molecule has 0 saturated carbocycles. The monoisotopic (exact) mass is 329 g/mol. The van der Waals surface area contributed by atoms with Gasteiger partial charge in [0.15, 0.2) is 5.82 Å². The van der Waals surface area contributed by atoms with E-state index < -0.39 is 11.6 Å². The Hall–Kier alpha value is -3.29. The second-order valence-corrected chi connectivity index (χ2v) is 4.74. The average molecular weight is 329 g/mol. The fraction of sp³-hybridized carbons (Fsp3) is 0.0625. The SMILES string of the molecule is COc1ccccc1Nc1cnnc(Nc2ccc(F)cc2F)n1. The van der Waals surface area contributed by atoms with Crippen molar-refractivity contribution in [2.75, 3.05) is 17.7 Å². The average Bonchev–Trinajstić information content (AvgIpc) is 2.58. The van der Waals surface area contributed by atoms with Crippen molar-refractivity contribution in [3.63, 3.8) is 0 Å². The molecule has 6 nitrogen and oxygen atoms in total. The van der Waals surface area contributed by atoms with Gasteiger partial charge in [-0.1, -0.05) is 12.1 Å². The zero-order valence-electron chi connectivity index (χ0n) is 12.6. The van der Waals surface area contributed by atoms with Crippen LogP contribution in [0.3, 0.4) is 0 Å². The fourth-order valence-corrected chi connectivity index (χ4v) is 2.01. The number of para-hydroxylation sites is 2. The Labute approximate surface area is 136 Å². The van der Waals surface area contributed by atoms with E-state index in [9.17, 15) is 8.78 Å². The minimum Gasteiger partial charge on any atom is -0.495 e. The standard InChI is InChI=1S/C16H13F2N5O/c1-24-14-5-3-2-4-13(14)20-15-9-19-23-16(22-15)21-12-7-6-10(17)8-11(12)18/h2-9H,1H3,(H2,20,21,22,23). The first-order valence-electron chi connectivity index (χ1n) is 6.97. The predicted molar refractivity (Wildman–Crippen MR) is 85.7 cm³/mol. The molecular formula is C16H13F2N5O. The molecule has 1 aromatic heterocycles. The number of aromatic nitrogens is 3. The first-order chi connectivity index (χ1) is 11.7. The fourth-order valence-electron chi connectivity index (χ4n) is 2.01. The van der Waals surface area contributed by atoms with Crippen molar-refractivity contribution in [3.05, 3.63) is 60.3 Å². The molecule has 8 heteroatoms. The molecule has 0 spiro atoms. The third-order valence-electron chi connectivity index (χ3n) is 3.11. The van der Waals surface area contributed by atoms with Gasteiger partial charge in [-0.3, -0.25) is 0 Å². The highest BCUT2D eigenvalue weighted by atomic mass is 19.1. The van der Waals surface area contributed by atoms with Gasteiger partial charge in [0.05, 0.1) is 24.7 Å². The largest absolute Gasteiger partial charge is 0.495 e. The van der Waals surface area contributed by atoms with Crippen LogP contribution in [0.4, 0.5) is 31.9 Å². The molecule has 24 heavy (non-hydrogen) atoms. The molecule has 1 heterocycles. The van der Waals surface area contributed by atoms with Gasteiger partial charge in [-0.05, 0) is 24.3 Å². The lowest BCUT2D eigenvalue weighted by atomic mass is 10.3. The smallest absolute Gasteiger partial charge is 0.249 e. The summed E-state index contributed by atoms with van der Waals surface area (Å²) in [4.78, 5) is 4.19. The predicted octanol–water partition coefficient (Wildman–Crippen LogP) is 3.65. The summed E-state index contributed by atoms with van der Waals surface area (Å²) in [5.41, 5.74) is 0.743. The van der Waals surface area contributed by atoms with E-state index in [1.807, 2.05) is 18.2 Å². The van der Waals surface area contributed by atoms with E-state index in [0.717, 1.165) is 12.1 Å². The molecule has 0 fully saturated rings. The van der Waals surface area contributed by atoms with Gasteiger partial charge in [0.1, 0.15) is 17.4 Å². The molecule has 2 aromatic carbocycles. The Morgan fingerprint density at radius 3 is 2.62 bits per heavy atom. The molecule has 3 rings (SSSR count). The minimum atomic E-state index is -0.748. The maximum atomic E-state index is 13.7. The normalized spacial score (nSPS) is 10.3. The summed E-state index contributed by atoms with van der Waals surface area (Å²) in [5, 5.41) is 13.3. The molecule has 2 N–H and O–H groups in total. The molecule has 0 unspecified atom stereocenters. The maximum Gasteiger partial charge on any atom is 0.249 e. The van der Waals surface area contributed by atoms with Gasteiger partial charge in [-0.2, -0.15) is 10.1 Å². The highest BCUT2D eigenvalue weighted by molar-refractivity contribution is 5.64. The summed E-state index contributed by atoms with van der Waals surface area (Å²) in [5.74, 6) is -0.319. The number of nitrogens with zero attached hydrogens (tertiary/aromatic N) is 3. The van der Waals surface area contributed by atoms with Gasteiger partial charge in [0.25, 0.3) is 0 Å². The molecule has 0 atom stereocenters. The van der Waals surface area contributed by atoms with E-state index in [0.29, 0.717) is 17.3 Å². The molecule has 0 amide bonds. The van der Waals surface area contributed by atoms with Crippen LogP contribution in [0.15, 0.2) is 48.7 Å². The third kappa shape index (κ3) is 3.54. The molecule has 122 valence electrons. The van der Waals surface area contributed by atoms with E-state index in [-0.39, 0.29) is 11.6 Å². The molecule has 3 aromatic rings. The molecule has 0 aliphatic carbocycles. The quantitative estimate of drug-likeness (QED) is 0.744. The summed E-state index contributed by atoms with van der Waals surface area (Å²) in [7, 11) is 1.56. The Kier molecular flexibility index (Phi) is 4.46. The highest BCUT2D eigenvalue weighted by Gasteiger charge is 2.08. The van der Waals surface area contributed by atoms with Crippen LogP contribution in [0.5, 0.6) is 5.75 Å². The number of ether oxygens (including phenoxy) is 1. The second kappa shape index (κ2) is 6.86. The van der Waals surface area contributed by atoms with E-state index >= 15 is 0 Å². The number of halogens is 2. The van der Waals surface area contributed by atoms with Crippen LogP contribution in [0.2, 0.25) is 0 Å². The number of hydrogen-bond donors (Lipinski definition) is 2. The number of methoxy groups -OCH3 is 1. The van der Waals surface area contributed by atoms with Crippen molar-refractivity contribution in [2.24, 2.45) is 0 Å². The van der Waals surface area contributed by atoms with Gasteiger partial charge in [-0.25, -0.2) is 8.78 Å². The Bertz CT molecular complexity index is 859. The van der Waals surface area contributed by atoms with E-state index in [4.69, 9.17) is 4.74 Å². The Morgan fingerprint density at radius 2 is 1.83 bits per heavy atom. The summed E-state index contributed by atoms with van der Waals surface area (Å²) < 4.78 is 31.8. The molecule has 0 aliphatic rings. The van der Waals surface area contributed by atoms with Crippen molar-refractivity contribution in [3.8, 4) is 5.75 Å². The first kappa shape index (κ1) is 15.6. The summed E-state index contributed by atoms with van der Waals surface area (Å²) >= 11 is 0. The second-order valence-electron chi connectivity index (χ2n) is 4.74. The first-order valence-corrected chi connectivity index (χ1v) is 6.97. The van der Waals surface area contributed by atoms with E-state index in [1.54, 1.807) is 13.2 Å². The Balaban J connectivity index is 1.81. The number of benzene rings is 2. The summed E-state index contributed by atoms with van der Waals surface area (Å²) in [6.07, 6.45) is 1.42. The third-order valence-corrected chi connectivity index (χ3v) is 3.11.